The zero-order valence-corrected chi connectivity index (χ0v) is 20.2. The van der Waals surface area contributed by atoms with Crippen LogP contribution in [0.4, 0.5) is 4.39 Å². The molecule has 0 aliphatic rings. The Morgan fingerprint density at radius 1 is 1.06 bits per heavy atom. The normalized spacial score (nSPS) is 11.2. The molecule has 0 fully saturated rings. The van der Waals surface area contributed by atoms with E-state index in [1.807, 2.05) is 0 Å². The molecule has 0 saturated carbocycles. The number of hydrogen-bond donors (Lipinski definition) is 2. The molecule has 0 spiro atoms. The summed E-state index contributed by atoms with van der Waals surface area (Å²) >= 11 is 1.11. The zero-order valence-electron chi connectivity index (χ0n) is 19.4. The van der Waals surface area contributed by atoms with E-state index in [1.54, 1.807) is 36.4 Å². The van der Waals surface area contributed by atoms with Gasteiger partial charge in [-0.1, -0.05) is 44.0 Å². The minimum absolute atomic E-state index is 0.0245. The first-order chi connectivity index (χ1) is 17.0. The first-order valence-electron chi connectivity index (χ1n) is 11.3. The fourth-order valence-corrected chi connectivity index (χ4v) is 5.05. The largest absolute Gasteiger partial charge is 0.380 e. The van der Waals surface area contributed by atoms with Crippen LogP contribution in [-0.4, -0.2) is 28.7 Å². The van der Waals surface area contributed by atoms with Gasteiger partial charge in [-0.3, -0.25) is 25.2 Å². The second-order valence-corrected chi connectivity index (χ2v) is 9.05. The Kier molecular flexibility index (Phi) is 7.52. The van der Waals surface area contributed by atoms with Crippen molar-refractivity contribution in [1.29, 1.82) is 0 Å². The summed E-state index contributed by atoms with van der Waals surface area (Å²) in [5.41, 5.74) is 4.94. The minimum Gasteiger partial charge on any atom is -0.380 e. The lowest BCUT2D eigenvalue weighted by Crippen LogP contribution is -2.42. The van der Waals surface area contributed by atoms with Crippen LogP contribution in [-0.2, 0) is 17.9 Å². The molecule has 2 aromatic heterocycles. The number of thiophene rings is 1. The monoisotopic (exact) mass is 496 g/mol. The van der Waals surface area contributed by atoms with Gasteiger partial charge in [0.25, 0.3) is 17.4 Å². The van der Waals surface area contributed by atoms with E-state index in [0.717, 1.165) is 30.6 Å². The molecule has 2 aromatic carbocycles. The van der Waals surface area contributed by atoms with E-state index in [9.17, 15) is 18.8 Å². The second kappa shape index (κ2) is 10.7. The summed E-state index contributed by atoms with van der Waals surface area (Å²) in [6.45, 7) is 2.48. The highest BCUT2D eigenvalue weighted by atomic mass is 32.1. The third-order valence-electron chi connectivity index (χ3n) is 5.60. The quantitative estimate of drug-likeness (QED) is 0.282. The molecule has 0 bridgehead atoms. The highest BCUT2D eigenvalue weighted by Crippen LogP contribution is 2.33. The van der Waals surface area contributed by atoms with E-state index in [0.29, 0.717) is 33.0 Å². The van der Waals surface area contributed by atoms with Crippen LogP contribution in [0.1, 0.15) is 51.9 Å². The summed E-state index contributed by atoms with van der Waals surface area (Å²) in [6.07, 6.45) is 2.66. The lowest BCUT2D eigenvalue weighted by molar-refractivity contribution is 0.0843. The summed E-state index contributed by atoms with van der Waals surface area (Å²) < 4.78 is 21.5. The van der Waals surface area contributed by atoms with Crippen LogP contribution in [0.25, 0.3) is 20.9 Å². The van der Waals surface area contributed by atoms with E-state index < -0.39 is 17.6 Å². The molecule has 8 nitrogen and oxygen atoms in total. The maximum Gasteiger partial charge on any atom is 0.290 e. The third-order valence-corrected chi connectivity index (χ3v) is 6.80. The van der Waals surface area contributed by atoms with Gasteiger partial charge in [0.2, 0.25) is 0 Å². The summed E-state index contributed by atoms with van der Waals surface area (Å²) in [7, 11) is 1.46. The van der Waals surface area contributed by atoms with Gasteiger partial charge in [0.1, 0.15) is 10.7 Å². The number of methoxy groups -OCH3 is 1. The molecule has 10 heteroatoms. The number of nitrogens with zero attached hydrogens (tertiary/aromatic N) is 2. The summed E-state index contributed by atoms with van der Waals surface area (Å²) in [6, 6.07) is 11.3. The van der Waals surface area contributed by atoms with Gasteiger partial charge in [0.05, 0.1) is 12.0 Å². The number of hydrogen-bond acceptors (Lipinski definition) is 6. The molecule has 4 aromatic rings. The molecule has 2 heterocycles. The fourth-order valence-electron chi connectivity index (χ4n) is 3.93. The smallest absolute Gasteiger partial charge is 0.290 e. The number of carbonyl (C=O) groups is 2. The predicted octanol–water partition coefficient (Wildman–Crippen LogP) is 4.16. The Morgan fingerprint density at radius 2 is 1.80 bits per heavy atom. The molecule has 4 rings (SSSR count). The van der Waals surface area contributed by atoms with Crippen LogP contribution in [0.3, 0.4) is 0 Å². The fraction of sp³-hybridized carbons (Fsp3) is 0.280. The standard InChI is InChI=1S/C25H25FN4O4S/c1-3-4-7-13-30-25(33)16-10-6-5-9-15(16)21(29-30)23(31)27-28-24(32)22-17(14-34-2)20-18(26)11-8-12-19(20)35-22/h5-6,8-12H,3-4,7,13-14H2,1-2H3,(H,27,31)(H,28,32). The number of benzene rings is 2. The number of amides is 2. The molecule has 182 valence electrons. The van der Waals surface area contributed by atoms with E-state index in [1.165, 1.54) is 17.9 Å². The topological polar surface area (TPSA) is 102 Å². The van der Waals surface area contributed by atoms with Crippen molar-refractivity contribution in [2.45, 2.75) is 39.3 Å². The van der Waals surface area contributed by atoms with Gasteiger partial charge in [-0.25, -0.2) is 9.07 Å². The van der Waals surface area contributed by atoms with Crippen molar-refractivity contribution < 1.29 is 18.7 Å². The van der Waals surface area contributed by atoms with Crippen LogP contribution in [0.5, 0.6) is 0 Å². The lowest BCUT2D eigenvalue weighted by atomic mass is 10.1. The van der Waals surface area contributed by atoms with Crippen LogP contribution < -0.4 is 16.4 Å². The van der Waals surface area contributed by atoms with Crippen LogP contribution in [0, 0.1) is 5.82 Å². The highest BCUT2D eigenvalue weighted by Gasteiger charge is 2.22. The van der Waals surface area contributed by atoms with Crippen molar-refractivity contribution in [3.05, 3.63) is 74.8 Å². The Morgan fingerprint density at radius 3 is 2.54 bits per heavy atom. The Bertz CT molecular complexity index is 1460. The Labute approximate surface area is 204 Å². The average Bonchev–Trinajstić information content (AvgIpc) is 3.24. The van der Waals surface area contributed by atoms with Crippen LogP contribution in [0.2, 0.25) is 0 Å². The Hall–Kier alpha value is -3.63. The van der Waals surface area contributed by atoms with Gasteiger partial charge >= 0.3 is 0 Å². The lowest BCUT2D eigenvalue weighted by Gasteiger charge is -2.12. The number of rotatable bonds is 8. The summed E-state index contributed by atoms with van der Waals surface area (Å²) in [5, 5.41) is 5.37. The molecule has 35 heavy (non-hydrogen) atoms. The van der Waals surface area contributed by atoms with Gasteiger partial charge in [0.15, 0.2) is 5.69 Å². The van der Waals surface area contributed by atoms with Gasteiger partial charge in [-0.05, 0) is 24.6 Å². The first kappa shape index (κ1) is 24.5. The number of aromatic nitrogens is 2. The predicted molar refractivity (Wildman–Crippen MR) is 133 cm³/mol. The summed E-state index contributed by atoms with van der Waals surface area (Å²) in [4.78, 5) is 39.0. The van der Waals surface area contributed by atoms with Gasteiger partial charge < -0.3 is 4.74 Å². The number of carbonyl (C=O) groups excluding carboxylic acids is 2. The molecule has 0 unspecified atom stereocenters. The molecule has 0 radical (unpaired) electrons. The minimum atomic E-state index is -0.667. The first-order valence-corrected chi connectivity index (χ1v) is 12.1. The zero-order chi connectivity index (χ0) is 24.9. The number of nitrogens with one attached hydrogen (secondary N) is 2. The van der Waals surface area contributed by atoms with E-state index >= 15 is 0 Å². The van der Waals surface area contributed by atoms with Gasteiger partial charge in [-0.15, -0.1) is 11.3 Å². The molecule has 2 N–H and O–H groups in total. The molecular formula is C25H25FN4O4S. The molecule has 2 amide bonds. The van der Waals surface area contributed by atoms with Crippen molar-refractivity contribution in [2.24, 2.45) is 0 Å². The molecule has 0 saturated heterocycles. The third kappa shape index (κ3) is 4.94. The molecule has 0 aliphatic heterocycles. The van der Waals surface area contributed by atoms with Crippen molar-refractivity contribution in [3.8, 4) is 0 Å². The maximum absolute atomic E-state index is 14.4. The summed E-state index contributed by atoms with van der Waals surface area (Å²) in [5.74, 6) is -1.72. The van der Waals surface area contributed by atoms with E-state index in [2.05, 4.69) is 22.9 Å². The maximum atomic E-state index is 14.4. The number of unbranched alkanes of at least 4 members (excludes halogenated alkanes) is 2. The number of ether oxygens (including phenoxy) is 1. The number of halogens is 1. The van der Waals surface area contributed by atoms with Gasteiger partial charge in [-0.2, -0.15) is 5.10 Å². The van der Waals surface area contributed by atoms with Crippen molar-refractivity contribution in [1.82, 2.24) is 20.6 Å². The van der Waals surface area contributed by atoms with Crippen LogP contribution in [0.15, 0.2) is 47.3 Å². The van der Waals surface area contributed by atoms with E-state index in [4.69, 9.17) is 4.74 Å². The van der Waals surface area contributed by atoms with E-state index in [-0.39, 0.29) is 22.7 Å². The van der Waals surface area contributed by atoms with Crippen molar-refractivity contribution in [3.63, 3.8) is 0 Å². The molecular weight excluding hydrogens is 471 g/mol. The van der Waals surface area contributed by atoms with Crippen LogP contribution >= 0.6 is 11.3 Å². The highest BCUT2D eigenvalue weighted by molar-refractivity contribution is 7.21. The second-order valence-electron chi connectivity index (χ2n) is 7.99. The average molecular weight is 497 g/mol. The Balaban J connectivity index is 1.61. The van der Waals surface area contributed by atoms with Crippen molar-refractivity contribution >= 4 is 44.0 Å². The number of hydrazine groups is 1. The molecule has 0 aliphatic carbocycles. The number of aryl methyl sites for hydroxylation is 1. The number of fused-ring (bicyclic) bond motifs is 2. The SMILES string of the molecule is CCCCCn1nc(C(=O)NNC(=O)c2sc3cccc(F)c3c2COC)c2ccccc2c1=O. The molecule has 0 atom stereocenters. The van der Waals surface area contributed by atoms with Crippen molar-refractivity contribution in [2.75, 3.05) is 7.11 Å². The van der Waals surface area contributed by atoms with Gasteiger partial charge in [0, 0.05) is 34.7 Å².